The molecule has 0 saturated carbocycles. The Morgan fingerprint density at radius 1 is 0.840 bits per heavy atom. The first-order valence-corrected chi connectivity index (χ1v) is 8.90. The van der Waals surface area contributed by atoms with E-state index in [1.54, 1.807) is 12.4 Å². The molecule has 0 atom stereocenters. The van der Waals surface area contributed by atoms with Crippen LogP contribution in [0.2, 0.25) is 5.02 Å². The highest BCUT2D eigenvalue weighted by Crippen LogP contribution is 2.33. The number of rotatable bonds is 3. The van der Waals surface area contributed by atoms with Crippen LogP contribution in [0.25, 0.3) is 33.9 Å². The lowest BCUT2D eigenvalue weighted by atomic mass is 10.1. The van der Waals surface area contributed by atoms with Gasteiger partial charge in [-0.1, -0.05) is 51.8 Å². The van der Waals surface area contributed by atoms with Crippen LogP contribution in [0.4, 0.5) is 0 Å². The molecular weight excluding hydrogens is 398 g/mol. The SMILES string of the molecule is Clc1ccc(-c2[nH]c(-c3cccc(Br)c3)nc2-c2ccncc2)cc1. The first kappa shape index (κ1) is 16.1. The number of hydrogen-bond acceptors (Lipinski definition) is 2. The molecule has 4 aromatic rings. The Bertz CT molecular complexity index is 1010. The minimum atomic E-state index is 0.709. The highest BCUT2D eigenvalue weighted by atomic mass is 79.9. The number of benzene rings is 2. The molecule has 2 aromatic heterocycles. The number of nitrogens with one attached hydrogen (secondary N) is 1. The first-order chi connectivity index (χ1) is 12.2. The molecule has 3 nitrogen and oxygen atoms in total. The average molecular weight is 411 g/mol. The van der Waals surface area contributed by atoms with Crippen LogP contribution in [0.15, 0.2) is 77.5 Å². The van der Waals surface area contributed by atoms with Crippen LogP contribution in [0.1, 0.15) is 0 Å². The van der Waals surface area contributed by atoms with E-state index >= 15 is 0 Å². The lowest BCUT2D eigenvalue weighted by molar-refractivity contribution is 1.30. The fourth-order valence-corrected chi connectivity index (χ4v) is 3.22. The molecule has 25 heavy (non-hydrogen) atoms. The molecule has 4 rings (SSSR count). The topological polar surface area (TPSA) is 41.6 Å². The van der Waals surface area contributed by atoms with E-state index in [1.807, 2.05) is 60.7 Å². The summed E-state index contributed by atoms with van der Waals surface area (Å²) in [6.07, 6.45) is 3.54. The van der Waals surface area contributed by atoms with Gasteiger partial charge in [0.05, 0.1) is 11.4 Å². The Morgan fingerprint density at radius 2 is 1.60 bits per heavy atom. The molecule has 5 heteroatoms. The zero-order valence-corrected chi connectivity index (χ0v) is 15.4. The zero-order valence-electron chi connectivity index (χ0n) is 13.1. The number of imidazole rings is 1. The van der Waals surface area contributed by atoms with E-state index < -0.39 is 0 Å². The molecule has 0 aliphatic rings. The molecule has 0 spiro atoms. The van der Waals surface area contributed by atoms with Crippen molar-refractivity contribution in [2.24, 2.45) is 0 Å². The molecule has 0 saturated heterocycles. The van der Waals surface area contributed by atoms with Gasteiger partial charge >= 0.3 is 0 Å². The number of nitrogens with zero attached hydrogens (tertiary/aromatic N) is 2. The number of halogens is 2. The third kappa shape index (κ3) is 3.36. The van der Waals surface area contributed by atoms with E-state index in [-0.39, 0.29) is 0 Å². The fraction of sp³-hybridized carbons (Fsp3) is 0. The lowest BCUT2D eigenvalue weighted by Crippen LogP contribution is -1.84. The summed E-state index contributed by atoms with van der Waals surface area (Å²) >= 11 is 9.55. The molecule has 0 radical (unpaired) electrons. The second-order valence-electron chi connectivity index (χ2n) is 5.56. The molecule has 122 valence electrons. The van der Waals surface area contributed by atoms with Crippen LogP contribution in [0.5, 0.6) is 0 Å². The second-order valence-corrected chi connectivity index (χ2v) is 6.91. The molecule has 0 aliphatic heterocycles. The largest absolute Gasteiger partial charge is 0.337 e. The molecule has 0 fully saturated rings. The summed E-state index contributed by atoms with van der Waals surface area (Å²) in [6, 6.07) is 19.7. The van der Waals surface area contributed by atoms with Gasteiger partial charge in [-0.2, -0.15) is 0 Å². The Balaban J connectivity index is 1.90. The van der Waals surface area contributed by atoms with Crippen molar-refractivity contribution in [3.8, 4) is 33.9 Å². The summed E-state index contributed by atoms with van der Waals surface area (Å²) in [5.74, 6) is 0.818. The smallest absolute Gasteiger partial charge is 0.138 e. The molecule has 2 heterocycles. The Kier molecular flexibility index (Phi) is 4.38. The summed E-state index contributed by atoms with van der Waals surface area (Å²) in [7, 11) is 0. The van der Waals surface area contributed by atoms with Crippen molar-refractivity contribution in [3.05, 3.63) is 82.6 Å². The highest BCUT2D eigenvalue weighted by Gasteiger charge is 2.15. The van der Waals surface area contributed by atoms with E-state index in [2.05, 4.69) is 25.9 Å². The monoisotopic (exact) mass is 409 g/mol. The number of H-pyrrole nitrogens is 1. The van der Waals surface area contributed by atoms with E-state index in [1.165, 1.54) is 0 Å². The summed E-state index contributed by atoms with van der Waals surface area (Å²) in [5.41, 5.74) is 4.91. The first-order valence-electron chi connectivity index (χ1n) is 7.73. The van der Waals surface area contributed by atoms with Crippen molar-refractivity contribution in [2.75, 3.05) is 0 Å². The van der Waals surface area contributed by atoms with Crippen LogP contribution in [-0.4, -0.2) is 15.0 Å². The van der Waals surface area contributed by atoms with Gasteiger partial charge < -0.3 is 4.98 Å². The van der Waals surface area contributed by atoms with Crippen LogP contribution in [-0.2, 0) is 0 Å². The third-order valence-electron chi connectivity index (χ3n) is 3.89. The zero-order chi connectivity index (χ0) is 17.2. The standard InChI is InChI=1S/C20H13BrClN3/c21-16-3-1-2-15(12-16)20-24-18(13-4-6-17(22)7-5-13)19(25-20)14-8-10-23-11-9-14/h1-12H,(H,24,25). The van der Waals surface area contributed by atoms with E-state index in [4.69, 9.17) is 16.6 Å². The van der Waals surface area contributed by atoms with Crippen molar-refractivity contribution in [3.63, 3.8) is 0 Å². The average Bonchev–Trinajstić information content (AvgIpc) is 3.08. The maximum atomic E-state index is 6.04. The van der Waals surface area contributed by atoms with Gasteiger partial charge in [-0.05, 0) is 36.4 Å². The Labute approximate surface area is 158 Å². The normalized spacial score (nSPS) is 10.8. The number of pyridine rings is 1. The summed E-state index contributed by atoms with van der Waals surface area (Å²) in [6.45, 7) is 0. The van der Waals surface area contributed by atoms with Crippen molar-refractivity contribution >= 4 is 27.5 Å². The molecule has 0 unspecified atom stereocenters. The predicted octanol–water partition coefficient (Wildman–Crippen LogP) is 6.22. The second kappa shape index (κ2) is 6.82. The van der Waals surface area contributed by atoms with Crippen molar-refractivity contribution in [1.29, 1.82) is 0 Å². The quantitative estimate of drug-likeness (QED) is 0.435. The summed E-state index contributed by atoms with van der Waals surface area (Å²) in [4.78, 5) is 12.4. The van der Waals surface area contributed by atoms with Crippen LogP contribution < -0.4 is 0 Å². The minimum absolute atomic E-state index is 0.709. The molecule has 0 amide bonds. The van der Waals surface area contributed by atoms with Gasteiger partial charge in [0.15, 0.2) is 0 Å². The fourth-order valence-electron chi connectivity index (χ4n) is 2.69. The van der Waals surface area contributed by atoms with E-state index in [9.17, 15) is 0 Å². The third-order valence-corrected chi connectivity index (χ3v) is 4.63. The summed E-state index contributed by atoms with van der Waals surface area (Å²) in [5, 5.41) is 0.709. The molecule has 0 bridgehead atoms. The maximum Gasteiger partial charge on any atom is 0.138 e. The van der Waals surface area contributed by atoms with Gasteiger partial charge in [-0.15, -0.1) is 0 Å². The van der Waals surface area contributed by atoms with Crippen molar-refractivity contribution < 1.29 is 0 Å². The number of hydrogen-bond donors (Lipinski definition) is 1. The van der Waals surface area contributed by atoms with Crippen LogP contribution in [0.3, 0.4) is 0 Å². The Morgan fingerprint density at radius 3 is 2.32 bits per heavy atom. The van der Waals surface area contributed by atoms with Crippen LogP contribution in [0, 0.1) is 0 Å². The van der Waals surface area contributed by atoms with Gasteiger partial charge in [0.25, 0.3) is 0 Å². The van der Waals surface area contributed by atoms with Gasteiger partial charge in [0, 0.05) is 38.6 Å². The van der Waals surface area contributed by atoms with Gasteiger partial charge in [-0.3, -0.25) is 4.98 Å². The van der Waals surface area contributed by atoms with Crippen molar-refractivity contribution in [1.82, 2.24) is 15.0 Å². The minimum Gasteiger partial charge on any atom is -0.337 e. The van der Waals surface area contributed by atoms with Gasteiger partial charge in [0.2, 0.25) is 0 Å². The van der Waals surface area contributed by atoms with E-state index in [0.29, 0.717) is 5.02 Å². The Hall–Kier alpha value is -2.43. The van der Waals surface area contributed by atoms with Crippen LogP contribution >= 0.6 is 27.5 Å². The molecular formula is C20H13BrClN3. The maximum absolute atomic E-state index is 6.04. The summed E-state index contributed by atoms with van der Waals surface area (Å²) < 4.78 is 1.01. The van der Waals surface area contributed by atoms with Gasteiger partial charge in [0.1, 0.15) is 5.82 Å². The lowest BCUT2D eigenvalue weighted by Gasteiger charge is -2.03. The van der Waals surface area contributed by atoms with Gasteiger partial charge in [-0.25, -0.2) is 4.98 Å². The van der Waals surface area contributed by atoms with Crippen molar-refractivity contribution in [2.45, 2.75) is 0 Å². The molecule has 1 N–H and O–H groups in total. The molecule has 2 aromatic carbocycles. The number of aromatic nitrogens is 3. The highest BCUT2D eigenvalue weighted by molar-refractivity contribution is 9.10. The molecule has 0 aliphatic carbocycles. The predicted molar refractivity (Wildman–Crippen MR) is 105 cm³/mol. The number of aromatic amines is 1. The van der Waals surface area contributed by atoms with E-state index in [0.717, 1.165) is 38.4 Å².